The number of hydrogen-bond donors (Lipinski definition) is 1. The number of carbonyl (C=O) groups is 1. The van der Waals surface area contributed by atoms with Crippen LogP contribution in [0, 0.1) is 0 Å². The predicted octanol–water partition coefficient (Wildman–Crippen LogP) is 2.28. The topological polar surface area (TPSA) is 70.6 Å². The van der Waals surface area contributed by atoms with Gasteiger partial charge in [-0.3, -0.25) is 4.79 Å². The van der Waals surface area contributed by atoms with E-state index in [2.05, 4.69) is 20.4 Å². The first-order valence-electron chi connectivity index (χ1n) is 9.13. The molecule has 142 valence electrons. The summed E-state index contributed by atoms with van der Waals surface area (Å²) in [7, 11) is 1.63. The Kier molecular flexibility index (Phi) is 6.25. The van der Waals surface area contributed by atoms with Gasteiger partial charge in [0, 0.05) is 38.8 Å². The molecule has 0 radical (unpaired) electrons. The summed E-state index contributed by atoms with van der Waals surface area (Å²) in [5.41, 5.74) is 0.971. The highest BCUT2D eigenvalue weighted by Gasteiger charge is 2.20. The number of nitrogens with zero attached hydrogens (tertiary/aromatic N) is 4. The largest absolute Gasteiger partial charge is 0.497 e. The van der Waals surface area contributed by atoms with Crippen LogP contribution in [-0.2, 0) is 4.79 Å². The molecule has 1 aliphatic rings. The molecule has 0 atom stereocenters. The molecular formula is C20H25N5O2. The van der Waals surface area contributed by atoms with Crippen LogP contribution in [0.1, 0.15) is 12.5 Å². The maximum absolute atomic E-state index is 12.4. The van der Waals surface area contributed by atoms with Crippen molar-refractivity contribution in [1.29, 1.82) is 0 Å². The third-order valence-corrected chi connectivity index (χ3v) is 4.46. The first-order valence-corrected chi connectivity index (χ1v) is 9.13. The van der Waals surface area contributed by atoms with E-state index in [0.29, 0.717) is 13.1 Å². The number of nitrogens with one attached hydrogen (secondary N) is 1. The molecule has 7 heteroatoms. The van der Waals surface area contributed by atoms with Crippen LogP contribution in [0.3, 0.4) is 0 Å². The van der Waals surface area contributed by atoms with Crippen LogP contribution < -0.4 is 15.0 Å². The molecule has 0 spiro atoms. The molecule has 2 heterocycles. The Balaban J connectivity index is 1.51. The molecule has 0 bridgehead atoms. The molecule has 0 aliphatic carbocycles. The summed E-state index contributed by atoms with van der Waals surface area (Å²) in [5.74, 6) is 2.45. The molecule has 1 aromatic carbocycles. The van der Waals surface area contributed by atoms with Crippen molar-refractivity contribution in [3.8, 4) is 5.75 Å². The minimum Gasteiger partial charge on any atom is -0.497 e. The van der Waals surface area contributed by atoms with E-state index < -0.39 is 0 Å². The van der Waals surface area contributed by atoms with Gasteiger partial charge in [0.15, 0.2) is 5.82 Å². The fourth-order valence-corrected chi connectivity index (χ4v) is 2.91. The third-order valence-electron chi connectivity index (χ3n) is 4.46. The fraction of sp³-hybridized carbons (Fsp3) is 0.350. The first-order chi connectivity index (χ1) is 13.2. The van der Waals surface area contributed by atoms with Gasteiger partial charge in [0.2, 0.25) is 5.91 Å². The van der Waals surface area contributed by atoms with E-state index in [9.17, 15) is 4.79 Å². The lowest BCUT2D eigenvalue weighted by atomic mass is 10.2. The maximum Gasteiger partial charge on any atom is 0.246 e. The number of rotatable bonds is 6. The van der Waals surface area contributed by atoms with E-state index in [0.717, 1.165) is 42.6 Å². The van der Waals surface area contributed by atoms with E-state index in [1.54, 1.807) is 13.2 Å². The summed E-state index contributed by atoms with van der Waals surface area (Å²) >= 11 is 0. The lowest BCUT2D eigenvalue weighted by molar-refractivity contribution is -0.126. The summed E-state index contributed by atoms with van der Waals surface area (Å²) in [4.78, 5) is 16.4. The van der Waals surface area contributed by atoms with Gasteiger partial charge in [0.25, 0.3) is 0 Å². The number of anilines is 2. The number of benzene rings is 1. The molecule has 0 saturated carbocycles. The Bertz CT molecular complexity index is 766. The zero-order valence-electron chi connectivity index (χ0n) is 15.8. The molecule has 1 saturated heterocycles. The molecule has 2 aromatic rings. The monoisotopic (exact) mass is 367 g/mol. The number of piperazine rings is 1. The van der Waals surface area contributed by atoms with E-state index in [1.807, 2.05) is 54.3 Å². The lowest BCUT2D eigenvalue weighted by Crippen LogP contribution is -2.48. The molecule has 7 nitrogen and oxygen atoms in total. The number of amides is 1. The highest BCUT2D eigenvalue weighted by molar-refractivity contribution is 5.92. The first kappa shape index (κ1) is 18.7. The predicted molar refractivity (Wildman–Crippen MR) is 107 cm³/mol. The molecular weight excluding hydrogens is 342 g/mol. The number of carbonyl (C=O) groups excluding carboxylic acids is 1. The number of ether oxygens (including phenoxy) is 1. The van der Waals surface area contributed by atoms with Crippen molar-refractivity contribution in [1.82, 2.24) is 15.1 Å². The van der Waals surface area contributed by atoms with E-state index in [-0.39, 0.29) is 5.91 Å². The van der Waals surface area contributed by atoms with Gasteiger partial charge >= 0.3 is 0 Å². The zero-order chi connectivity index (χ0) is 19.1. The van der Waals surface area contributed by atoms with Crippen LogP contribution in [0.5, 0.6) is 5.75 Å². The average Bonchev–Trinajstić information content (AvgIpc) is 2.73. The Labute approximate surface area is 159 Å². The van der Waals surface area contributed by atoms with Gasteiger partial charge in [-0.15, -0.1) is 10.2 Å². The molecule has 1 aromatic heterocycles. The second-order valence-electron chi connectivity index (χ2n) is 6.23. The normalized spacial score (nSPS) is 14.4. The maximum atomic E-state index is 12.4. The summed E-state index contributed by atoms with van der Waals surface area (Å²) < 4.78 is 5.14. The van der Waals surface area contributed by atoms with Crippen LogP contribution in [-0.4, -0.2) is 60.8 Å². The summed E-state index contributed by atoms with van der Waals surface area (Å²) in [6.07, 6.45) is 3.46. The number of hydrogen-bond acceptors (Lipinski definition) is 6. The minimum atomic E-state index is 0.0269. The third kappa shape index (κ3) is 4.97. The van der Waals surface area contributed by atoms with Gasteiger partial charge in [-0.2, -0.15) is 0 Å². The molecule has 27 heavy (non-hydrogen) atoms. The van der Waals surface area contributed by atoms with Gasteiger partial charge < -0.3 is 19.9 Å². The Morgan fingerprint density at radius 2 is 1.85 bits per heavy atom. The van der Waals surface area contributed by atoms with Gasteiger partial charge in [0.05, 0.1) is 7.11 Å². The van der Waals surface area contributed by atoms with Crippen LogP contribution >= 0.6 is 0 Å². The second-order valence-corrected chi connectivity index (χ2v) is 6.23. The number of aromatic nitrogens is 2. The zero-order valence-corrected chi connectivity index (χ0v) is 15.8. The SMILES string of the molecule is CCNc1ccc(N2CCN(C(=O)/C=C/c3ccc(OC)cc3)CC2)nn1. The van der Waals surface area contributed by atoms with E-state index in [1.165, 1.54) is 0 Å². The average molecular weight is 367 g/mol. The van der Waals surface area contributed by atoms with Crippen molar-refractivity contribution in [3.05, 3.63) is 48.0 Å². The van der Waals surface area contributed by atoms with Crippen molar-refractivity contribution in [2.24, 2.45) is 0 Å². The smallest absolute Gasteiger partial charge is 0.246 e. The van der Waals surface area contributed by atoms with Crippen LogP contribution in [0.2, 0.25) is 0 Å². The molecule has 1 aliphatic heterocycles. The molecule has 1 fully saturated rings. The Hall–Kier alpha value is -3.09. The van der Waals surface area contributed by atoms with Crippen molar-refractivity contribution in [3.63, 3.8) is 0 Å². The molecule has 3 rings (SSSR count). The highest BCUT2D eigenvalue weighted by atomic mass is 16.5. The van der Waals surface area contributed by atoms with Crippen LogP contribution in [0.15, 0.2) is 42.5 Å². The van der Waals surface area contributed by atoms with Crippen molar-refractivity contribution < 1.29 is 9.53 Å². The quantitative estimate of drug-likeness (QED) is 0.790. The molecule has 1 N–H and O–H groups in total. The second kappa shape index (κ2) is 9.02. The minimum absolute atomic E-state index is 0.0269. The van der Waals surface area contributed by atoms with E-state index in [4.69, 9.17) is 4.74 Å². The van der Waals surface area contributed by atoms with Gasteiger partial charge in [-0.05, 0) is 42.8 Å². The Morgan fingerprint density at radius 1 is 1.11 bits per heavy atom. The summed E-state index contributed by atoms with van der Waals surface area (Å²) in [5, 5.41) is 11.6. The lowest BCUT2D eigenvalue weighted by Gasteiger charge is -2.34. The highest BCUT2D eigenvalue weighted by Crippen LogP contribution is 2.15. The Morgan fingerprint density at radius 3 is 2.44 bits per heavy atom. The van der Waals surface area contributed by atoms with Crippen molar-refractivity contribution >= 4 is 23.6 Å². The molecule has 0 unspecified atom stereocenters. The van der Waals surface area contributed by atoms with Crippen LogP contribution in [0.25, 0.3) is 6.08 Å². The van der Waals surface area contributed by atoms with Gasteiger partial charge in [-0.1, -0.05) is 12.1 Å². The summed E-state index contributed by atoms with van der Waals surface area (Å²) in [6, 6.07) is 11.5. The van der Waals surface area contributed by atoms with Crippen molar-refractivity contribution in [2.45, 2.75) is 6.92 Å². The van der Waals surface area contributed by atoms with Crippen LogP contribution in [0.4, 0.5) is 11.6 Å². The summed E-state index contributed by atoms with van der Waals surface area (Å²) in [6.45, 7) is 5.67. The van der Waals surface area contributed by atoms with E-state index >= 15 is 0 Å². The number of methoxy groups -OCH3 is 1. The molecule has 1 amide bonds. The van der Waals surface area contributed by atoms with Gasteiger partial charge in [0.1, 0.15) is 11.6 Å². The fourth-order valence-electron chi connectivity index (χ4n) is 2.91. The van der Waals surface area contributed by atoms with Crippen molar-refractivity contribution in [2.75, 3.05) is 50.1 Å². The van der Waals surface area contributed by atoms with Gasteiger partial charge in [-0.25, -0.2) is 0 Å². The standard InChI is InChI=1S/C20H25N5O2/c1-3-21-18-9-10-19(23-22-18)24-12-14-25(15-13-24)20(26)11-6-16-4-7-17(27-2)8-5-16/h4-11H,3,12-15H2,1-2H3,(H,21,22)/b11-6+.